The highest BCUT2D eigenvalue weighted by molar-refractivity contribution is 7.14. The molecule has 118 valence electrons. The number of rotatable bonds is 4. The van der Waals surface area contributed by atoms with Gasteiger partial charge in [0, 0.05) is 4.88 Å². The number of nitrogens with one attached hydrogen (secondary N) is 1. The van der Waals surface area contributed by atoms with E-state index in [0.717, 1.165) is 23.5 Å². The van der Waals surface area contributed by atoms with Gasteiger partial charge in [-0.1, -0.05) is 0 Å². The zero-order valence-electron chi connectivity index (χ0n) is 12.9. The van der Waals surface area contributed by atoms with E-state index in [-0.39, 0.29) is 12.5 Å². The molecule has 3 rings (SSSR count). The summed E-state index contributed by atoms with van der Waals surface area (Å²) in [5.41, 5.74) is 0.107. The molecule has 0 aromatic carbocycles. The topological polar surface area (TPSA) is 62.5 Å². The average Bonchev–Trinajstić information content (AvgIpc) is 3.11. The molecule has 0 saturated heterocycles. The lowest BCUT2D eigenvalue weighted by Crippen LogP contribution is -2.38. The van der Waals surface area contributed by atoms with E-state index in [2.05, 4.69) is 5.32 Å². The van der Waals surface area contributed by atoms with Gasteiger partial charge >= 0.3 is 0 Å². The maximum Gasteiger partial charge on any atom is 0.261 e. The number of aliphatic hydroxyl groups is 1. The second-order valence-corrected chi connectivity index (χ2v) is 7.27. The Morgan fingerprint density at radius 3 is 2.86 bits per heavy atom. The predicted molar refractivity (Wildman–Crippen MR) is 86.3 cm³/mol. The molecule has 0 aliphatic heterocycles. The lowest BCUT2D eigenvalue weighted by Gasteiger charge is -2.21. The third-order valence-corrected chi connectivity index (χ3v) is 5.32. The average molecular weight is 319 g/mol. The first-order chi connectivity index (χ1) is 10.5. The van der Waals surface area contributed by atoms with E-state index in [1.54, 1.807) is 30.4 Å². The van der Waals surface area contributed by atoms with E-state index in [4.69, 9.17) is 4.42 Å². The van der Waals surface area contributed by atoms with Crippen LogP contribution in [0.2, 0.25) is 0 Å². The molecule has 2 heterocycles. The molecule has 22 heavy (non-hydrogen) atoms. The summed E-state index contributed by atoms with van der Waals surface area (Å²) in [6.45, 7) is 3.60. The van der Waals surface area contributed by atoms with Gasteiger partial charge in [-0.25, -0.2) is 0 Å². The van der Waals surface area contributed by atoms with Crippen LogP contribution >= 0.6 is 11.3 Å². The Kier molecular flexibility index (Phi) is 4.10. The van der Waals surface area contributed by atoms with E-state index in [1.165, 1.54) is 23.3 Å². The quantitative estimate of drug-likeness (QED) is 0.910. The summed E-state index contributed by atoms with van der Waals surface area (Å²) in [4.78, 5) is 14.4. The molecule has 0 spiro atoms. The Morgan fingerprint density at radius 2 is 2.18 bits per heavy atom. The van der Waals surface area contributed by atoms with Crippen molar-refractivity contribution in [3.63, 3.8) is 0 Å². The highest BCUT2D eigenvalue weighted by Crippen LogP contribution is 2.30. The summed E-state index contributed by atoms with van der Waals surface area (Å²) in [5, 5.41) is 13.3. The first-order valence-corrected chi connectivity index (χ1v) is 8.46. The van der Waals surface area contributed by atoms with Crippen LogP contribution < -0.4 is 5.32 Å². The highest BCUT2D eigenvalue weighted by Gasteiger charge is 2.28. The van der Waals surface area contributed by atoms with Crippen molar-refractivity contribution >= 4 is 17.2 Å². The molecule has 0 saturated carbocycles. The minimum Gasteiger partial charge on any atom is -0.463 e. The smallest absolute Gasteiger partial charge is 0.261 e. The molecule has 2 aromatic rings. The third-order valence-electron chi connectivity index (χ3n) is 4.08. The number of carbonyl (C=O) groups is 1. The van der Waals surface area contributed by atoms with Gasteiger partial charge in [0.2, 0.25) is 0 Å². The van der Waals surface area contributed by atoms with Crippen molar-refractivity contribution in [2.45, 2.75) is 45.1 Å². The number of amides is 1. The molecule has 0 radical (unpaired) electrons. The number of carbonyl (C=O) groups excluding carboxylic acids is 1. The largest absolute Gasteiger partial charge is 0.463 e. The molecule has 1 unspecified atom stereocenters. The van der Waals surface area contributed by atoms with Crippen LogP contribution in [0.1, 0.15) is 51.4 Å². The van der Waals surface area contributed by atoms with Gasteiger partial charge in [0.1, 0.15) is 17.1 Å². The van der Waals surface area contributed by atoms with Gasteiger partial charge in [-0.3, -0.25) is 4.79 Å². The molecule has 1 aliphatic carbocycles. The molecule has 0 bridgehead atoms. The van der Waals surface area contributed by atoms with Crippen molar-refractivity contribution in [3.05, 3.63) is 45.0 Å². The minimum atomic E-state index is -1.21. The van der Waals surface area contributed by atoms with Gasteiger partial charge in [0.15, 0.2) is 0 Å². The Morgan fingerprint density at radius 1 is 1.41 bits per heavy atom. The van der Waals surface area contributed by atoms with Gasteiger partial charge in [-0.15, -0.1) is 11.3 Å². The highest BCUT2D eigenvalue weighted by atomic mass is 32.1. The van der Waals surface area contributed by atoms with E-state index in [0.29, 0.717) is 5.76 Å². The molecule has 5 heteroatoms. The lowest BCUT2D eigenvalue weighted by molar-refractivity contribution is 0.0324. The summed E-state index contributed by atoms with van der Waals surface area (Å²) in [6, 6.07) is 5.55. The number of hydrogen-bond acceptors (Lipinski definition) is 4. The SMILES string of the molecule is Cc1ccc(C(C)(O)CNC(=O)c2cc3c(s2)CCCC3)o1. The predicted octanol–water partition coefficient (Wildman–Crippen LogP) is 3.17. The number of thiophene rings is 1. The third kappa shape index (κ3) is 3.10. The number of furan rings is 1. The maximum atomic E-state index is 12.3. The molecular weight excluding hydrogens is 298 g/mol. The first kappa shape index (κ1) is 15.3. The lowest BCUT2D eigenvalue weighted by atomic mass is 9.99. The van der Waals surface area contributed by atoms with Crippen LogP contribution in [-0.2, 0) is 18.4 Å². The van der Waals surface area contributed by atoms with E-state index in [9.17, 15) is 9.90 Å². The zero-order chi connectivity index (χ0) is 15.7. The fraction of sp³-hybridized carbons (Fsp3) is 0.471. The summed E-state index contributed by atoms with van der Waals surface area (Å²) in [7, 11) is 0. The fourth-order valence-electron chi connectivity index (χ4n) is 2.75. The van der Waals surface area contributed by atoms with Crippen LogP contribution in [0.4, 0.5) is 0 Å². The van der Waals surface area contributed by atoms with Crippen LogP contribution in [0.3, 0.4) is 0 Å². The zero-order valence-corrected chi connectivity index (χ0v) is 13.8. The molecule has 1 atom stereocenters. The fourth-order valence-corrected chi connectivity index (χ4v) is 3.92. The van der Waals surface area contributed by atoms with Crippen molar-refractivity contribution in [1.82, 2.24) is 5.32 Å². The van der Waals surface area contributed by atoms with Gasteiger partial charge in [-0.05, 0) is 63.3 Å². The summed E-state index contributed by atoms with van der Waals surface area (Å²) in [5.74, 6) is 1.09. The maximum absolute atomic E-state index is 12.3. The molecule has 2 N–H and O–H groups in total. The molecule has 1 aliphatic rings. The number of hydrogen-bond donors (Lipinski definition) is 2. The second kappa shape index (κ2) is 5.89. The number of aryl methyl sites for hydroxylation is 3. The Bertz CT molecular complexity index is 660. The summed E-state index contributed by atoms with van der Waals surface area (Å²) in [6.07, 6.45) is 4.57. The summed E-state index contributed by atoms with van der Waals surface area (Å²) < 4.78 is 5.45. The minimum absolute atomic E-state index is 0.122. The van der Waals surface area contributed by atoms with Crippen LogP contribution in [0.5, 0.6) is 0 Å². The van der Waals surface area contributed by atoms with Gasteiger partial charge in [-0.2, -0.15) is 0 Å². The Labute approximate surface area is 134 Å². The van der Waals surface area contributed by atoms with E-state index < -0.39 is 5.60 Å². The Balaban J connectivity index is 1.65. The van der Waals surface area contributed by atoms with Gasteiger partial charge in [0.05, 0.1) is 11.4 Å². The van der Waals surface area contributed by atoms with Gasteiger partial charge in [0.25, 0.3) is 5.91 Å². The Hall–Kier alpha value is -1.59. The van der Waals surface area contributed by atoms with Gasteiger partial charge < -0.3 is 14.8 Å². The van der Waals surface area contributed by atoms with Crippen LogP contribution in [0.15, 0.2) is 22.6 Å². The first-order valence-electron chi connectivity index (χ1n) is 7.65. The monoisotopic (exact) mass is 319 g/mol. The van der Waals surface area contributed by atoms with Crippen molar-refractivity contribution < 1.29 is 14.3 Å². The van der Waals surface area contributed by atoms with E-state index in [1.807, 2.05) is 13.0 Å². The van der Waals surface area contributed by atoms with Crippen LogP contribution in [0, 0.1) is 6.92 Å². The molecule has 2 aromatic heterocycles. The normalized spacial score (nSPS) is 16.9. The second-order valence-electron chi connectivity index (χ2n) is 6.13. The summed E-state index contributed by atoms with van der Waals surface area (Å²) >= 11 is 1.58. The molecule has 1 amide bonds. The van der Waals surface area contributed by atoms with Crippen molar-refractivity contribution in [2.24, 2.45) is 0 Å². The standard InChI is InChI=1S/C17H21NO3S/c1-11-7-8-15(21-11)17(2,20)10-18-16(19)14-9-12-5-3-4-6-13(12)22-14/h7-9,20H,3-6,10H2,1-2H3,(H,18,19). The van der Waals surface area contributed by atoms with Crippen molar-refractivity contribution in [1.29, 1.82) is 0 Å². The van der Waals surface area contributed by atoms with E-state index >= 15 is 0 Å². The van der Waals surface area contributed by atoms with Crippen molar-refractivity contribution in [3.8, 4) is 0 Å². The molecule has 0 fully saturated rings. The van der Waals surface area contributed by atoms with Crippen molar-refractivity contribution in [2.75, 3.05) is 6.54 Å². The van der Waals surface area contributed by atoms with Crippen LogP contribution in [-0.4, -0.2) is 17.6 Å². The molecular formula is C17H21NO3S. The molecule has 4 nitrogen and oxygen atoms in total. The number of fused-ring (bicyclic) bond motifs is 1. The van der Waals surface area contributed by atoms with Crippen LogP contribution in [0.25, 0.3) is 0 Å².